The zero-order chi connectivity index (χ0) is 12.1. The van der Waals surface area contributed by atoms with E-state index in [1.807, 2.05) is 31.2 Å². The first-order valence-corrected chi connectivity index (χ1v) is 6.28. The van der Waals surface area contributed by atoms with Crippen molar-refractivity contribution in [3.63, 3.8) is 0 Å². The summed E-state index contributed by atoms with van der Waals surface area (Å²) in [6, 6.07) is 7.58. The normalized spacial score (nSPS) is 16.8. The molecule has 0 aromatic heterocycles. The van der Waals surface area contributed by atoms with E-state index in [1.165, 1.54) is 12.8 Å². The molecule has 1 fully saturated rings. The van der Waals surface area contributed by atoms with Crippen molar-refractivity contribution < 1.29 is 14.6 Å². The van der Waals surface area contributed by atoms with Gasteiger partial charge in [-0.05, 0) is 31.2 Å². The molecule has 0 amide bonds. The standard InChI is InChI=1S/C14H20O3/c1-2-13(15)12-5-3-4-6-14(12)17-10-16-9-11-7-8-11/h3-6,11,13,15H,2,7-10H2,1H3. The first-order valence-electron chi connectivity index (χ1n) is 6.28. The van der Waals surface area contributed by atoms with Gasteiger partial charge in [0.05, 0.1) is 12.7 Å². The fourth-order valence-corrected chi connectivity index (χ4v) is 1.71. The number of ether oxygens (including phenoxy) is 2. The smallest absolute Gasteiger partial charge is 0.189 e. The van der Waals surface area contributed by atoms with Gasteiger partial charge in [0.2, 0.25) is 0 Å². The second kappa shape index (κ2) is 6.03. The van der Waals surface area contributed by atoms with Crippen molar-refractivity contribution in [1.82, 2.24) is 0 Å². The number of hydrogen-bond donors (Lipinski definition) is 1. The van der Waals surface area contributed by atoms with E-state index in [4.69, 9.17) is 9.47 Å². The average molecular weight is 236 g/mol. The molecule has 0 spiro atoms. The van der Waals surface area contributed by atoms with Crippen molar-refractivity contribution in [3.8, 4) is 5.75 Å². The minimum atomic E-state index is -0.463. The van der Waals surface area contributed by atoms with Crippen LogP contribution >= 0.6 is 0 Å². The first-order chi connectivity index (χ1) is 8.31. The van der Waals surface area contributed by atoms with Crippen LogP contribution in [-0.2, 0) is 4.74 Å². The maximum absolute atomic E-state index is 9.84. The molecule has 2 rings (SSSR count). The number of aliphatic hydroxyl groups is 1. The minimum Gasteiger partial charge on any atom is -0.467 e. The summed E-state index contributed by atoms with van der Waals surface area (Å²) in [5.41, 5.74) is 0.838. The van der Waals surface area contributed by atoms with Gasteiger partial charge in [-0.2, -0.15) is 0 Å². The molecule has 17 heavy (non-hydrogen) atoms. The maximum Gasteiger partial charge on any atom is 0.189 e. The zero-order valence-corrected chi connectivity index (χ0v) is 10.3. The summed E-state index contributed by atoms with van der Waals surface area (Å²) in [5.74, 6) is 1.47. The van der Waals surface area contributed by atoms with Gasteiger partial charge < -0.3 is 14.6 Å². The second-order valence-electron chi connectivity index (χ2n) is 4.54. The number of hydrogen-bond acceptors (Lipinski definition) is 3. The van der Waals surface area contributed by atoms with Crippen molar-refractivity contribution in [2.75, 3.05) is 13.4 Å². The summed E-state index contributed by atoms with van der Waals surface area (Å²) in [7, 11) is 0. The highest BCUT2D eigenvalue weighted by molar-refractivity contribution is 5.34. The highest BCUT2D eigenvalue weighted by Crippen LogP contribution is 2.29. The Morgan fingerprint density at radius 1 is 1.35 bits per heavy atom. The van der Waals surface area contributed by atoms with Crippen LogP contribution in [0, 0.1) is 5.92 Å². The van der Waals surface area contributed by atoms with Crippen molar-refractivity contribution in [2.45, 2.75) is 32.3 Å². The van der Waals surface area contributed by atoms with Crippen molar-refractivity contribution in [3.05, 3.63) is 29.8 Å². The monoisotopic (exact) mass is 236 g/mol. The molecule has 1 aromatic carbocycles. The maximum atomic E-state index is 9.84. The van der Waals surface area contributed by atoms with Crippen LogP contribution in [0.25, 0.3) is 0 Å². The summed E-state index contributed by atoms with van der Waals surface area (Å²) >= 11 is 0. The number of benzene rings is 1. The van der Waals surface area contributed by atoms with Crippen molar-refractivity contribution in [1.29, 1.82) is 0 Å². The van der Waals surface area contributed by atoms with Crippen molar-refractivity contribution >= 4 is 0 Å². The summed E-state index contributed by atoms with van der Waals surface area (Å²) in [4.78, 5) is 0. The predicted octanol–water partition coefficient (Wildman–Crippen LogP) is 2.89. The molecule has 1 unspecified atom stereocenters. The average Bonchev–Trinajstić information content (AvgIpc) is 3.18. The Morgan fingerprint density at radius 2 is 2.12 bits per heavy atom. The van der Waals surface area contributed by atoms with E-state index in [0.717, 1.165) is 23.8 Å². The zero-order valence-electron chi connectivity index (χ0n) is 10.3. The van der Waals surface area contributed by atoms with Gasteiger partial charge in [-0.25, -0.2) is 0 Å². The first kappa shape index (κ1) is 12.4. The van der Waals surface area contributed by atoms with Gasteiger partial charge in [-0.15, -0.1) is 0 Å². The Bertz CT molecular complexity index is 347. The van der Waals surface area contributed by atoms with Gasteiger partial charge in [0.25, 0.3) is 0 Å². The summed E-state index contributed by atoms with van der Waals surface area (Å²) in [6.07, 6.45) is 2.79. The van der Waals surface area contributed by atoms with E-state index < -0.39 is 6.10 Å². The Kier molecular flexibility index (Phi) is 4.40. The van der Waals surface area contributed by atoms with E-state index in [1.54, 1.807) is 0 Å². The third kappa shape index (κ3) is 3.72. The number of aliphatic hydroxyl groups excluding tert-OH is 1. The SMILES string of the molecule is CCC(O)c1ccccc1OCOCC1CC1. The van der Waals surface area contributed by atoms with Gasteiger partial charge in [0.15, 0.2) is 6.79 Å². The van der Waals surface area contributed by atoms with Crippen LogP contribution < -0.4 is 4.74 Å². The second-order valence-corrected chi connectivity index (χ2v) is 4.54. The van der Waals surface area contributed by atoms with Crippen LogP contribution in [0.5, 0.6) is 5.75 Å². The topological polar surface area (TPSA) is 38.7 Å². The van der Waals surface area contributed by atoms with E-state index >= 15 is 0 Å². The lowest BCUT2D eigenvalue weighted by Crippen LogP contribution is -2.07. The fourth-order valence-electron chi connectivity index (χ4n) is 1.71. The summed E-state index contributed by atoms with van der Waals surface area (Å²) in [5, 5.41) is 9.84. The number of para-hydroxylation sites is 1. The Labute approximate surface area is 102 Å². The largest absolute Gasteiger partial charge is 0.467 e. The van der Waals surface area contributed by atoms with E-state index in [-0.39, 0.29) is 6.79 Å². The minimum absolute atomic E-state index is 0.268. The van der Waals surface area contributed by atoms with E-state index in [2.05, 4.69) is 0 Å². The lowest BCUT2D eigenvalue weighted by Gasteiger charge is -2.14. The van der Waals surface area contributed by atoms with Crippen molar-refractivity contribution in [2.24, 2.45) is 5.92 Å². The summed E-state index contributed by atoms with van der Waals surface area (Å²) < 4.78 is 11.0. The van der Waals surface area contributed by atoms with E-state index in [9.17, 15) is 5.11 Å². The molecule has 0 heterocycles. The van der Waals surface area contributed by atoms with Gasteiger partial charge in [0, 0.05) is 5.56 Å². The predicted molar refractivity (Wildman–Crippen MR) is 65.9 cm³/mol. The third-order valence-corrected chi connectivity index (χ3v) is 3.01. The van der Waals surface area contributed by atoms with Crippen LogP contribution in [0.3, 0.4) is 0 Å². The van der Waals surface area contributed by atoms with Gasteiger partial charge in [-0.3, -0.25) is 0 Å². The summed E-state index contributed by atoms with van der Waals surface area (Å²) in [6.45, 7) is 3.01. The lowest BCUT2D eigenvalue weighted by atomic mass is 10.1. The van der Waals surface area contributed by atoms with Gasteiger partial charge in [-0.1, -0.05) is 25.1 Å². The third-order valence-electron chi connectivity index (χ3n) is 3.01. The highest BCUT2D eigenvalue weighted by atomic mass is 16.7. The van der Waals surface area contributed by atoms with Crippen LogP contribution in [0.4, 0.5) is 0 Å². The van der Waals surface area contributed by atoms with Crippen LogP contribution in [0.2, 0.25) is 0 Å². The molecule has 3 nitrogen and oxygen atoms in total. The molecule has 0 radical (unpaired) electrons. The van der Waals surface area contributed by atoms with Crippen LogP contribution in [0.1, 0.15) is 37.9 Å². The molecule has 0 saturated heterocycles. The number of rotatable bonds is 7. The molecule has 0 aliphatic heterocycles. The molecule has 0 bridgehead atoms. The molecular weight excluding hydrogens is 216 g/mol. The van der Waals surface area contributed by atoms with E-state index in [0.29, 0.717) is 6.42 Å². The Morgan fingerprint density at radius 3 is 2.82 bits per heavy atom. The molecule has 94 valence electrons. The molecule has 1 saturated carbocycles. The molecule has 1 atom stereocenters. The highest BCUT2D eigenvalue weighted by Gasteiger charge is 2.21. The Hall–Kier alpha value is -1.06. The quantitative estimate of drug-likeness (QED) is 0.584. The lowest BCUT2D eigenvalue weighted by molar-refractivity contribution is 0.00804. The molecule has 1 aliphatic carbocycles. The van der Waals surface area contributed by atoms with Gasteiger partial charge in [0.1, 0.15) is 5.75 Å². The molecule has 1 N–H and O–H groups in total. The molecule has 3 heteroatoms. The Balaban J connectivity index is 1.84. The molecule has 1 aromatic rings. The van der Waals surface area contributed by atoms with Crippen LogP contribution in [0.15, 0.2) is 24.3 Å². The fraction of sp³-hybridized carbons (Fsp3) is 0.571. The van der Waals surface area contributed by atoms with Crippen LogP contribution in [-0.4, -0.2) is 18.5 Å². The van der Waals surface area contributed by atoms with Gasteiger partial charge >= 0.3 is 0 Å². The molecule has 1 aliphatic rings. The molecular formula is C14H20O3.